The Balaban J connectivity index is 2.97. The molecule has 2 aromatic heterocycles. The van der Waals surface area contributed by atoms with E-state index in [1.807, 2.05) is 0 Å². The Labute approximate surface area is 83.3 Å². The summed E-state index contributed by atoms with van der Waals surface area (Å²) in [5.41, 5.74) is 0.146. The van der Waals surface area contributed by atoms with Crippen molar-refractivity contribution in [3.63, 3.8) is 0 Å². The van der Waals surface area contributed by atoms with Gasteiger partial charge in [0, 0.05) is 11.6 Å². The molecule has 0 fully saturated rings. The highest BCUT2D eigenvalue weighted by Gasteiger charge is 2.11. The highest BCUT2D eigenvalue weighted by Crippen LogP contribution is 2.26. The Morgan fingerprint density at radius 2 is 2.00 bits per heavy atom. The highest BCUT2D eigenvalue weighted by atomic mass is 35.5. The van der Waals surface area contributed by atoms with E-state index in [-0.39, 0.29) is 15.8 Å². The fraction of sp³-hybridized carbons (Fsp3) is 0. The number of halogens is 3. The Morgan fingerprint density at radius 3 is 2.77 bits per heavy atom. The molecule has 0 aliphatic carbocycles. The molecule has 0 radical (unpaired) electrons. The molecule has 2 nitrogen and oxygen atoms in total. The van der Waals surface area contributed by atoms with Gasteiger partial charge in [0.1, 0.15) is 10.7 Å². The topological polar surface area (TPSA) is 25.8 Å². The summed E-state index contributed by atoms with van der Waals surface area (Å²) in [6.45, 7) is 0. The molecule has 0 unspecified atom stereocenters. The predicted molar refractivity (Wildman–Crippen MR) is 49.5 cm³/mol. The molecular weight excluding hydrogens is 214 g/mol. The van der Waals surface area contributed by atoms with Gasteiger partial charge < -0.3 is 0 Å². The zero-order valence-corrected chi connectivity index (χ0v) is 7.77. The van der Waals surface area contributed by atoms with Crippen molar-refractivity contribution in [2.24, 2.45) is 0 Å². The van der Waals surface area contributed by atoms with Crippen LogP contribution >= 0.6 is 23.2 Å². The van der Waals surface area contributed by atoms with E-state index in [4.69, 9.17) is 23.2 Å². The molecule has 0 bridgehead atoms. The first-order valence-electron chi connectivity index (χ1n) is 3.45. The summed E-state index contributed by atoms with van der Waals surface area (Å²) in [6.07, 6.45) is 1.47. The van der Waals surface area contributed by atoms with Crippen molar-refractivity contribution in [3.05, 3.63) is 34.5 Å². The van der Waals surface area contributed by atoms with E-state index < -0.39 is 5.82 Å². The second-order valence-electron chi connectivity index (χ2n) is 2.41. The van der Waals surface area contributed by atoms with Crippen molar-refractivity contribution < 1.29 is 4.39 Å². The molecule has 0 aliphatic rings. The van der Waals surface area contributed by atoms with Gasteiger partial charge in [-0.05, 0) is 12.1 Å². The van der Waals surface area contributed by atoms with Crippen molar-refractivity contribution in [1.82, 2.24) is 9.97 Å². The molecule has 0 saturated heterocycles. The third kappa shape index (κ3) is 1.34. The van der Waals surface area contributed by atoms with Crippen LogP contribution in [0.5, 0.6) is 0 Å². The van der Waals surface area contributed by atoms with Crippen molar-refractivity contribution >= 4 is 34.1 Å². The lowest BCUT2D eigenvalue weighted by molar-refractivity contribution is 0.631. The zero-order chi connectivity index (χ0) is 9.42. The van der Waals surface area contributed by atoms with Crippen LogP contribution in [0, 0.1) is 5.82 Å². The standard InChI is InChI=1S/C8H3Cl2FN2/c9-7-4-2-1-3-12-6(4)5(11)8(10)13-7/h1-3H. The van der Waals surface area contributed by atoms with Crippen LogP contribution in [-0.4, -0.2) is 9.97 Å². The zero-order valence-electron chi connectivity index (χ0n) is 6.26. The van der Waals surface area contributed by atoms with E-state index in [0.29, 0.717) is 5.39 Å². The van der Waals surface area contributed by atoms with E-state index in [2.05, 4.69) is 9.97 Å². The molecule has 2 heterocycles. The van der Waals surface area contributed by atoms with E-state index in [1.54, 1.807) is 12.1 Å². The Kier molecular flexibility index (Phi) is 2.06. The molecule has 0 atom stereocenters. The van der Waals surface area contributed by atoms with Gasteiger partial charge in [-0.15, -0.1) is 0 Å². The molecule has 2 rings (SSSR count). The maximum absolute atomic E-state index is 13.3. The summed E-state index contributed by atoms with van der Waals surface area (Å²) in [4.78, 5) is 7.44. The fourth-order valence-corrected chi connectivity index (χ4v) is 1.49. The Morgan fingerprint density at radius 1 is 1.23 bits per heavy atom. The maximum atomic E-state index is 13.3. The number of nitrogens with zero attached hydrogens (tertiary/aromatic N) is 2. The van der Waals surface area contributed by atoms with Crippen molar-refractivity contribution in [3.8, 4) is 0 Å². The summed E-state index contributed by atoms with van der Waals surface area (Å²) in [5, 5.41) is 0.372. The van der Waals surface area contributed by atoms with Crippen LogP contribution in [-0.2, 0) is 0 Å². The largest absolute Gasteiger partial charge is 0.253 e. The maximum Gasteiger partial charge on any atom is 0.186 e. The van der Waals surface area contributed by atoms with Gasteiger partial charge in [-0.1, -0.05) is 23.2 Å². The van der Waals surface area contributed by atoms with Crippen molar-refractivity contribution in [2.75, 3.05) is 0 Å². The number of pyridine rings is 2. The molecule has 0 N–H and O–H groups in total. The van der Waals surface area contributed by atoms with E-state index in [0.717, 1.165) is 0 Å². The lowest BCUT2D eigenvalue weighted by Gasteiger charge is -2.00. The van der Waals surface area contributed by atoms with E-state index >= 15 is 0 Å². The van der Waals surface area contributed by atoms with Crippen LogP contribution in [0.15, 0.2) is 18.3 Å². The molecule has 0 amide bonds. The van der Waals surface area contributed by atoms with Gasteiger partial charge in [0.15, 0.2) is 11.0 Å². The van der Waals surface area contributed by atoms with Crippen LogP contribution in [0.3, 0.4) is 0 Å². The number of hydrogen-bond donors (Lipinski definition) is 0. The van der Waals surface area contributed by atoms with Crippen LogP contribution < -0.4 is 0 Å². The minimum atomic E-state index is -0.637. The molecule has 13 heavy (non-hydrogen) atoms. The van der Waals surface area contributed by atoms with Gasteiger partial charge in [-0.25, -0.2) is 9.37 Å². The molecule has 5 heteroatoms. The van der Waals surface area contributed by atoms with E-state index in [9.17, 15) is 4.39 Å². The normalized spacial score (nSPS) is 10.7. The minimum absolute atomic E-state index is 0.146. The monoisotopic (exact) mass is 216 g/mol. The van der Waals surface area contributed by atoms with Crippen LogP contribution in [0.25, 0.3) is 10.9 Å². The lowest BCUT2D eigenvalue weighted by atomic mass is 10.3. The summed E-state index contributed by atoms with van der Waals surface area (Å²) in [6, 6.07) is 3.29. The van der Waals surface area contributed by atoms with E-state index in [1.165, 1.54) is 6.20 Å². The average Bonchev–Trinajstić information content (AvgIpc) is 2.15. The SMILES string of the molecule is Fc1c(Cl)nc(Cl)c2cccnc12. The molecular formula is C8H3Cl2FN2. The lowest BCUT2D eigenvalue weighted by Crippen LogP contribution is -1.89. The highest BCUT2D eigenvalue weighted by molar-refractivity contribution is 6.36. The van der Waals surface area contributed by atoms with Crippen LogP contribution in [0.4, 0.5) is 4.39 Å². The third-order valence-electron chi connectivity index (χ3n) is 1.62. The summed E-state index contributed by atoms with van der Waals surface area (Å²) >= 11 is 11.2. The van der Waals surface area contributed by atoms with Gasteiger partial charge in [0.2, 0.25) is 0 Å². The Bertz CT molecular complexity index is 473. The van der Waals surface area contributed by atoms with Crippen molar-refractivity contribution in [1.29, 1.82) is 0 Å². The first-order valence-corrected chi connectivity index (χ1v) is 4.21. The molecule has 0 aliphatic heterocycles. The average molecular weight is 217 g/mol. The summed E-state index contributed by atoms with van der Waals surface area (Å²) in [5.74, 6) is -0.637. The molecule has 66 valence electrons. The van der Waals surface area contributed by atoms with Gasteiger partial charge in [0.25, 0.3) is 0 Å². The molecule has 2 aromatic rings. The number of hydrogen-bond acceptors (Lipinski definition) is 2. The fourth-order valence-electron chi connectivity index (χ4n) is 1.04. The molecule has 0 spiro atoms. The summed E-state index contributed by atoms with van der Waals surface area (Å²) < 4.78 is 13.3. The predicted octanol–water partition coefficient (Wildman–Crippen LogP) is 3.08. The van der Waals surface area contributed by atoms with Crippen LogP contribution in [0.1, 0.15) is 0 Å². The second kappa shape index (κ2) is 3.09. The quantitative estimate of drug-likeness (QED) is 0.633. The van der Waals surface area contributed by atoms with Gasteiger partial charge >= 0.3 is 0 Å². The van der Waals surface area contributed by atoms with Gasteiger partial charge in [0.05, 0.1) is 0 Å². The first-order chi connectivity index (χ1) is 6.20. The van der Waals surface area contributed by atoms with Crippen LogP contribution in [0.2, 0.25) is 10.3 Å². The molecule has 0 saturated carbocycles. The van der Waals surface area contributed by atoms with Gasteiger partial charge in [-0.2, -0.15) is 0 Å². The third-order valence-corrected chi connectivity index (χ3v) is 2.15. The number of rotatable bonds is 0. The Hall–Kier alpha value is -0.930. The second-order valence-corrected chi connectivity index (χ2v) is 3.12. The van der Waals surface area contributed by atoms with Crippen molar-refractivity contribution in [2.45, 2.75) is 0 Å². The molecule has 0 aromatic carbocycles. The summed E-state index contributed by atoms with van der Waals surface area (Å²) in [7, 11) is 0. The number of fused-ring (bicyclic) bond motifs is 1. The van der Waals surface area contributed by atoms with Gasteiger partial charge in [-0.3, -0.25) is 4.98 Å². The first kappa shape index (κ1) is 8.66. The smallest absolute Gasteiger partial charge is 0.186 e. The number of aromatic nitrogens is 2. The minimum Gasteiger partial charge on any atom is -0.253 e.